The van der Waals surface area contributed by atoms with E-state index in [0.717, 1.165) is 12.8 Å². The van der Waals surface area contributed by atoms with Crippen LogP contribution in [0.5, 0.6) is 0 Å². The second-order valence-corrected chi connectivity index (χ2v) is 7.25. The molecule has 0 saturated carbocycles. The van der Waals surface area contributed by atoms with Crippen molar-refractivity contribution in [3.8, 4) is 0 Å². The minimum absolute atomic E-state index is 0.162. The Morgan fingerprint density at radius 1 is 1.08 bits per heavy atom. The monoisotopic (exact) mass is 357 g/mol. The van der Waals surface area contributed by atoms with Crippen LogP contribution in [0.4, 0.5) is 0 Å². The van der Waals surface area contributed by atoms with E-state index in [0.29, 0.717) is 6.42 Å². The van der Waals surface area contributed by atoms with Gasteiger partial charge in [-0.25, -0.2) is 0 Å². The smallest absolute Gasteiger partial charge is 0.303 e. The van der Waals surface area contributed by atoms with Gasteiger partial charge in [0.2, 0.25) is 0 Å². The van der Waals surface area contributed by atoms with Crippen LogP contribution in [-0.4, -0.2) is 29.4 Å². The summed E-state index contributed by atoms with van der Waals surface area (Å²) in [5.74, 6) is -0.736. The van der Waals surface area contributed by atoms with E-state index in [2.05, 4.69) is 54.9 Å². The molecule has 3 nitrogen and oxygen atoms in total. The Labute approximate surface area is 154 Å². The molecule has 0 aliphatic rings. The number of nitrogens with one attached hydrogen (secondary N) is 1. The maximum atomic E-state index is 11.0. The van der Waals surface area contributed by atoms with Crippen molar-refractivity contribution in [1.29, 1.82) is 0 Å². The van der Waals surface area contributed by atoms with Crippen molar-refractivity contribution in [1.82, 2.24) is 5.32 Å². The Kier molecular flexibility index (Phi) is 8.02. The lowest BCUT2D eigenvalue weighted by molar-refractivity contribution is -0.137. The number of hydrogen-bond acceptors (Lipinski definition) is 3. The van der Waals surface area contributed by atoms with Gasteiger partial charge in [-0.1, -0.05) is 48.5 Å². The van der Waals surface area contributed by atoms with Crippen LogP contribution in [0.2, 0.25) is 0 Å². The lowest BCUT2D eigenvalue weighted by Gasteiger charge is -2.24. The molecule has 2 atom stereocenters. The molecule has 4 heteroatoms. The fourth-order valence-corrected chi connectivity index (χ4v) is 3.73. The first-order chi connectivity index (χ1) is 12.1. The Balaban J connectivity index is 2.00. The summed E-state index contributed by atoms with van der Waals surface area (Å²) in [7, 11) is 0. The average Bonchev–Trinajstić information content (AvgIpc) is 2.61. The van der Waals surface area contributed by atoms with Gasteiger partial charge in [0, 0.05) is 23.4 Å². The van der Waals surface area contributed by atoms with E-state index in [4.69, 9.17) is 5.11 Å². The quantitative estimate of drug-likeness (QED) is 0.619. The number of aliphatic carboxylic acids is 1. The molecular formula is C21H27NO2S. The number of carboxylic acids is 1. The molecule has 0 saturated heterocycles. The molecule has 134 valence electrons. The molecule has 0 aromatic heterocycles. The zero-order valence-electron chi connectivity index (χ0n) is 14.9. The van der Waals surface area contributed by atoms with E-state index >= 15 is 0 Å². The first-order valence-corrected chi connectivity index (χ1v) is 9.94. The Bertz CT molecular complexity index is 660. The molecule has 2 rings (SSSR count). The van der Waals surface area contributed by atoms with Crippen molar-refractivity contribution >= 4 is 17.7 Å². The zero-order chi connectivity index (χ0) is 18.1. The van der Waals surface area contributed by atoms with Gasteiger partial charge in [-0.15, -0.1) is 11.8 Å². The van der Waals surface area contributed by atoms with Gasteiger partial charge in [-0.2, -0.15) is 0 Å². The summed E-state index contributed by atoms with van der Waals surface area (Å²) in [5, 5.41) is 12.7. The minimum atomic E-state index is -0.736. The van der Waals surface area contributed by atoms with E-state index in [1.54, 1.807) is 11.8 Å². The summed E-state index contributed by atoms with van der Waals surface area (Å²) >= 11 is 1.77. The summed E-state index contributed by atoms with van der Waals surface area (Å²) < 4.78 is 0. The molecule has 0 heterocycles. The van der Waals surface area contributed by atoms with Crippen LogP contribution in [0.3, 0.4) is 0 Å². The highest BCUT2D eigenvalue weighted by Crippen LogP contribution is 2.21. The van der Waals surface area contributed by atoms with Crippen molar-refractivity contribution in [2.75, 3.05) is 6.26 Å². The number of thioether (sulfide) groups is 1. The Morgan fingerprint density at radius 3 is 2.44 bits per heavy atom. The highest BCUT2D eigenvalue weighted by molar-refractivity contribution is 7.98. The van der Waals surface area contributed by atoms with Crippen molar-refractivity contribution in [2.45, 2.75) is 49.6 Å². The molecule has 25 heavy (non-hydrogen) atoms. The van der Waals surface area contributed by atoms with Crippen LogP contribution in [0.25, 0.3) is 0 Å². The van der Waals surface area contributed by atoms with Crippen LogP contribution in [0.15, 0.2) is 59.5 Å². The Morgan fingerprint density at radius 2 is 1.76 bits per heavy atom. The molecule has 0 aliphatic carbocycles. The molecule has 2 aromatic carbocycles. The normalized spacial score (nSPS) is 13.4. The molecule has 2 N–H and O–H groups in total. The molecule has 2 aromatic rings. The molecular weight excluding hydrogens is 330 g/mol. The van der Waals surface area contributed by atoms with Crippen molar-refractivity contribution < 1.29 is 9.90 Å². The molecule has 0 bridgehead atoms. The van der Waals surface area contributed by atoms with E-state index in [1.807, 2.05) is 18.2 Å². The van der Waals surface area contributed by atoms with Gasteiger partial charge in [0.05, 0.1) is 0 Å². The summed E-state index contributed by atoms with van der Waals surface area (Å²) in [6.07, 6.45) is 4.72. The van der Waals surface area contributed by atoms with Gasteiger partial charge in [-0.3, -0.25) is 4.79 Å². The van der Waals surface area contributed by atoms with Gasteiger partial charge < -0.3 is 10.4 Å². The van der Waals surface area contributed by atoms with Crippen LogP contribution in [0, 0.1) is 0 Å². The summed E-state index contributed by atoms with van der Waals surface area (Å²) in [5.41, 5.74) is 2.58. The lowest BCUT2D eigenvalue weighted by Crippen LogP contribution is -2.39. The molecule has 0 aliphatic heterocycles. The molecule has 2 unspecified atom stereocenters. The average molecular weight is 358 g/mol. The summed E-state index contributed by atoms with van der Waals surface area (Å²) in [6, 6.07) is 19.2. The van der Waals surface area contributed by atoms with Gasteiger partial charge in [0.15, 0.2) is 0 Å². The van der Waals surface area contributed by atoms with Crippen LogP contribution < -0.4 is 5.32 Å². The highest BCUT2D eigenvalue weighted by Gasteiger charge is 2.15. The second-order valence-electron chi connectivity index (χ2n) is 6.40. The number of carboxylic acid groups (broad SMARTS) is 1. The first kappa shape index (κ1) is 19.5. The van der Waals surface area contributed by atoms with Crippen molar-refractivity contribution in [3.05, 3.63) is 65.7 Å². The maximum Gasteiger partial charge on any atom is 0.303 e. The van der Waals surface area contributed by atoms with Crippen molar-refractivity contribution in [3.63, 3.8) is 0 Å². The van der Waals surface area contributed by atoms with Crippen LogP contribution in [-0.2, 0) is 17.6 Å². The molecule has 0 amide bonds. The first-order valence-electron chi connectivity index (χ1n) is 8.72. The zero-order valence-corrected chi connectivity index (χ0v) is 15.8. The molecule has 0 radical (unpaired) electrons. The van der Waals surface area contributed by atoms with Gasteiger partial charge in [-0.05, 0) is 49.6 Å². The predicted molar refractivity (Wildman–Crippen MR) is 105 cm³/mol. The van der Waals surface area contributed by atoms with Gasteiger partial charge in [0.25, 0.3) is 0 Å². The second kappa shape index (κ2) is 10.3. The summed E-state index contributed by atoms with van der Waals surface area (Å²) in [4.78, 5) is 12.3. The van der Waals surface area contributed by atoms with Crippen molar-refractivity contribution in [2.24, 2.45) is 0 Å². The third-order valence-electron chi connectivity index (χ3n) is 4.27. The predicted octanol–water partition coefficient (Wildman–Crippen LogP) is 4.41. The fraction of sp³-hybridized carbons (Fsp3) is 0.381. The molecule has 0 fully saturated rings. The number of rotatable bonds is 10. The lowest BCUT2D eigenvalue weighted by atomic mass is 9.99. The van der Waals surface area contributed by atoms with E-state index < -0.39 is 5.97 Å². The van der Waals surface area contributed by atoms with E-state index in [9.17, 15) is 4.79 Å². The van der Waals surface area contributed by atoms with Gasteiger partial charge in [0.1, 0.15) is 0 Å². The van der Waals surface area contributed by atoms with Gasteiger partial charge >= 0.3 is 5.97 Å². The number of hydrogen-bond donors (Lipinski definition) is 2. The third-order valence-corrected chi connectivity index (χ3v) is 5.11. The molecule has 0 spiro atoms. The van der Waals surface area contributed by atoms with E-state index in [1.165, 1.54) is 16.0 Å². The largest absolute Gasteiger partial charge is 0.481 e. The van der Waals surface area contributed by atoms with Crippen LogP contribution in [0.1, 0.15) is 30.9 Å². The Hall–Kier alpha value is -1.78. The number of carbonyl (C=O) groups is 1. The topological polar surface area (TPSA) is 49.3 Å². The van der Waals surface area contributed by atoms with E-state index in [-0.39, 0.29) is 18.5 Å². The minimum Gasteiger partial charge on any atom is -0.481 e. The van der Waals surface area contributed by atoms with Crippen LogP contribution >= 0.6 is 11.8 Å². The SMILES string of the molecule is CSc1ccccc1CC(C)NC(CCC(=O)O)Cc1ccccc1. The highest BCUT2D eigenvalue weighted by atomic mass is 32.2. The number of benzene rings is 2. The maximum absolute atomic E-state index is 11.0. The summed E-state index contributed by atoms with van der Waals surface area (Å²) in [6.45, 7) is 2.18. The third kappa shape index (κ3) is 6.92. The fourth-order valence-electron chi connectivity index (χ4n) is 3.10. The standard InChI is InChI=1S/C21H27NO2S/c1-16(14-18-10-6-7-11-20(18)25-2)22-19(12-13-21(23)24)15-17-8-4-3-5-9-17/h3-11,16,19,22H,12-15H2,1-2H3,(H,23,24).